The molecule has 0 saturated carbocycles. The molecule has 6 nitrogen and oxygen atoms in total. The number of rotatable bonds is 8. The molecule has 2 aromatic rings. The van der Waals surface area contributed by atoms with Crippen LogP contribution in [-0.4, -0.2) is 49.4 Å². The van der Waals surface area contributed by atoms with E-state index in [4.69, 9.17) is 14.2 Å². The molecule has 150 valence electrons. The highest BCUT2D eigenvalue weighted by atomic mass is 16.5. The van der Waals surface area contributed by atoms with E-state index < -0.39 is 12.0 Å². The Labute approximate surface area is 165 Å². The fourth-order valence-corrected chi connectivity index (χ4v) is 3.90. The third-order valence-corrected chi connectivity index (χ3v) is 5.12. The molecule has 1 N–H and O–H groups in total. The minimum absolute atomic E-state index is 0.219. The highest BCUT2D eigenvalue weighted by Crippen LogP contribution is 2.39. The molecule has 0 aliphatic carbocycles. The predicted octanol–water partition coefficient (Wildman–Crippen LogP) is 3.74. The van der Waals surface area contributed by atoms with E-state index in [2.05, 4.69) is 4.90 Å². The standard InChI is InChI=1S/C22H27NO5/c1-4-28-17-8-5-7-15(13-17)21(23-12-6-9-18(23)22(24)25)16-10-11-19(26-2)20(14-16)27-3/h5,7-8,10-11,13-14,18,21H,4,6,9,12H2,1-3H3,(H,24,25). The average Bonchev–Trinajstić information content (AvgIpc) is 3.18. The Morgan fingerprint density at radius 1 is 1.14 bits per heavy atom. The molecule has 28 heavy (non-hydrogen) atoms. The van der Waals surface area contributed by atoms with Crippen LogP contribution in [0.1, 0.15) is 36.9 Å². The van der Waals surface area contributed by atoms with E-state index in [-0.39, 0.29) is 6.04 Å². The van der Waals surface area contributed by atoms with Gasteiger partial charge in [0.15, 0.2) is 11.5 Å². The van der Waals surface area contributed by atoms with E-state index in [1.807, 2.05) is 49.4 Å². The Balaban J connectivity index is 2.09. The third kappa shape index (κ3) is 4.07. The molecular weight excluding hydrogens is 358 g/mol. The minimum Gasteiger partial charge on any atom is -0.494 e. The van der Waals surface area contributed by atoms with E-state index >= 15 is 0 Å². The van der Waals surface area contributed by atoms with Crippen LogP contribution in [0.4, 0.5) is 0 Å². The minimum atomic E-state index is -0.788. The molecular formula is C22H27NO5. The van der Waals surface area contributed by atoms with Gasteiger partial charge < -0.3 is 19.3 Å². The van der Waals surface area contributed by atoms with Gasteiger partial charge in [0.2, 0.25) is 0 Å². The van der Waals surface area contributed by atoms with Crippen molar-refractivity contribution in [3.05, 3.63) is 53.6 Å². The lowest BCUT2D eigenvalue weighted by molar-refractivity contribution is -0.142. The van der Waals surface area contributed by atoms with E-state index in [9.17, 15) is 9.90 Å². The summed E-state index contributed by atoms with van der Waals surface area (Å²) >= 11 is 0. The van der Waals surface area contributed by atoms with Crippen molar-refractivity contribution in [2.75, 3.05) is 27.4 Å². The zero-order valence-electron chi connectivity index (χ0n) is 16.6. The molecule has 3 rings (SSSR count). The zero-order valence-corrected chi connectivity index (χ0v) is 16.6. The smallest absolute Gasteiger partial charge is 0.320 e. The van der Waals surface area contributed by atoms with Gasteiger partial charge in [0.05, 0.1) is 26.9 Å². The number of hydrogen-bond donors (Lipinski definition) is 1. The number of nitrogens with zero attached hydrogens (tertiary/aromatic N) is 1. The summed E-state index contributed by atoms with van der Waals surface area (Å²) in [7, 11) is 3.20. The Morgan fingerprint density at radius 2 is 1.89 bits per heavy atom. The SMILES string of the molecule is CCOc1cccc(C(c2ccc(OC)c(OC)c2)N2CCCC2C(=O)O)c1. The number of ether oxygens (including phenoxy) is 3. The van der Waals surface area contributed by atoms with Gasteiger partial charge in [-0.2, -0.15) is 0 Å². The van der Waals surface area contributed by atoms with Crippen LogP contribution in [0, 0.1) is 0 Å². The second-order valence-electron chi connectivity index (χ2n) is 6.76. The van der Waals surface area contributed by atoms with Crippen molar-refractivity contribution in [3.63, 3.8) is 0 Å². The summed E-state index contributed by atoms with van der Waals surface area (Å²) in [5, 5.41) is 9.74. The summed E-state index contributed by atoms with van der Waals surface area (Å²) < 4.78 is 16.5. The molecule has 0 bridgehead atoms. The molecule has 2 atom stereocenters. The molecule has 2 aromatic carbocycles. The van der Waals surface area contributed by atoms with Crippen molar-refractivity contribution in [1.82, 2.24) is 4.90 Å². The summed E-state index contributed by atoms with van der Waals surface area (Å²) in [6.07, 6.45) is 1.50. The fourth-order valence-electron chi connectivity index (χ4n) is 3.90. The van der Waals surface area contributed by atoms with Gasteiger partial charge >= 0.3 is 5.97 Å². The molecule has 0 radical (unpaired) electrons. The molecule has 1 aliphatic rings. The highest BCUT2D eigenvalue weighted by Gasteiger charge is 2.37. The molecule has 0 spiro atoms. The summed E-state index contributed by atoms with van der Waals surface area (Å²) in [5.74, 6) is 1.25. The van der Waals surface area contributed by atoms with E-state index in [0.29, 0.717) is 24.5 Å². The van der Waals surface area contributed by atoms with Gasteiger partial charge in [-0.05, 0) is 55.2 Å². The van der Waals surface area contributed by atoms with Crippen molar-refractivity contribution in [1.29, 1.82) is 0 Å². The number of likely N-dealkylation sites (tertiary alicyclic amines) is 1. The Morgan fingerprint density at radius 3 is 2.57 bits per heavy atom. The first-order valence-electron chi connectivity index (χ1n) is 9.52. The van der Waals surface area contributed by atoms with Crippen LogP contribution in [-0.2, 0) is 4.79 Å². The second kappa shape index (κ2) is 8.97. The largest absolute Gasteiger partial charge is 0.494 e. The van der Waals surface area contributed by atoms with E-state index in [0.717, 1.165) is 29.8 Å². The first kappa shape index (κ1) is 20.0. The summed E-state index contributed by atoms with van der Waals surface area (Å²) in [5.41, 5.74) is 1.95. The van der Waals surface area contributed by atoms with Crippen molar-refractivity contribution in [2.24, 2.45) is 0 Å². The third-order valence-electron chi connectivity index (χ3n) is 5.12. The number of aliphatic carboxylic acids is 1. The van der Waals surface area contributed by atoms with Gasteiger partial charge in [0.25, 0.3) is 0 Å². The maximum Gasteiger partial charge on any atom is 0.320 e. The van der Waals surface area contributed by atoms with Crippen LogP contribution >= 0.6 is 0 Å². The fraction of sp³-hybridized carbons (Fsp3) is 0.409. The van der Waals surface area contributed by atoms with Crippen molar-refractivity contribution >= 4 is 5.97 Å². The zero-order chi connectivity index (χ0) is 20.1. The normalized spacial score (nSPS) is 17.9. The molecule has 6 heteroatoms. The summed E-state index contributed by atoms with van der Waals surface area (Å²) in [6, 6.07) is 12.9. The van der Waals surface area contributed by atoms with E-state index in [1.54, 1.807) is 14.2 Å². The number of carbonyl (C=O) groups is 1. The maximum atomic E-state index is 11.9. The first-order chi connectivity index (χ1) is 13.6. The number of carboxylic acids is 1. The van der Waals surface area contributed by atoms with Crippen LogP contribution in [0.2, 0.25) is 0 Å². The lowest BCUT2D eigenvalue weighted by atomic mass is 9.95. The number of benzene rings is 2. The van der Waals surface area contributed by atoms with Crippen LogP contribution in [0.5, 0.6) is 17.2 Å². The van der Waals surface area contributed by atoms with Gasteiger partial charge in [0.1, 0.15) is 11.8 Å². The Bertz CT molecular complexity index is 822. The summed E-state index contributed by atoms with van der Waals surface area (Å²) in [6.45, 7) is 3.24. The van der Waals surface area contributed by atoms with Gasteiger partial charge in [-0.3, -0.25) is 9.69 Å². The van der Waals surface area contributed by atoms with Crippen molar-refractivity contribution in [2.45, 2.75) is 31.8 Å². The quantitative estimate of drug-likeness (QED) is 0.747. The van der Waals surface area contributed by atoms with Crippen molar-refractivity contribution < 1.29 is 24.1 Å². The number of methoxy groups -OCH3 is 2. The second-order valence-corrected chi connectivity index (χ2v) is 6.76. The van der Waals surface area contributed by atoms with Crippen LogP contribution in [0.3, 0.4) is 0 Å². The van der Waals surface area contributed by atoms with Gasteiger partial charge in [-0.1, -0.05) is 18.2 Å². The highest BCUT2D eigenvalue weighted by molar-refractivity contribution is 5.74. The lowest BCUT2D eigenvalue weighted by Gasteiger charge is -2.32. The van der Waals surface area contributed by atoms with Crippen LogP contribution < -0.4 is 14.2 Å². The van der Waals surface area contributed by atoms with Gasteiger partial charge in [-0.25, -0.2) is 0 Å². The Hall–Kier alpha value is -2.73. The number of hydrogen-bond acceptors (Lipinski definition) is 5. The van der Waals surface area contributed by atoms with Gasteiger partial charge in [-0.15, -0.1) is 0 Å². The van der Waals surface area contributed by atoms with E-state index in [1.165, 1.54) is 0 Å². The molecule has 1 saturated heterocycles. The van der Waals surface area contributed by atoms with Gasteiger partial charge in [0, 0.05) is 6.54 Å². The van der Waals surface area contributed by atoms with Crippen molar-refractivity contribution in [3.8, 4) is 17.2 Å². The monoisotopic (exact) mass is 385 g/mol. The maximum absolute atomic E-state index is 11.9. The molecule has 0 amide bonds. The molecule has 1 heterocycles. The average molecular weight is 385 g/mol. The lowest BCUT2D eigenvalue weighted by Crippen LogP contribution is -2.39. The topological polar surface area (TPSA) is 68.2 Å². The number of carboxylic acid groups (broad SMARTS) is 1. The molecule has 1 fully saturated rings. The first-order valence-corrected chi connectivity index (χ1v) is 9.52. The predicted molar refractivity (Wildman–Crippen MR) is 106 cm³/mol. The Kier molecular flexibility index (Phi) is 6.41. The summed E-state index contributed by atoms with van der Waals surface area (Å²) in [4.78, 5) is 13.9. The molecule has 2 unspecified atom stereocenters. The van der Waals surface area contributed by atoms with Crippen LogP contribution in [0.15, 0.2) is 42.5 Å². The molecule has 0 aromatic heterocycles. The van der Waals surface area contributed by atoms with Crippen LogP contribution in [0.25, 0.3) is 0 Å². The molecule has 1 aliphatic heterocycles.